The maximum atomic E-state index is 13.2. The van der Waals surface area contributed by atoms with Gasteiger partial charge in [-0.2, -0.15) is 21.6 Å². The van der Waals surface area contributed by atoms with Gasteiger partial charge in [-0.25, -0.2) is 0 Å². The van der Waals surface area contributed by atoms with Crippen molar-refractivity contribution in [1.82, 2.24) is 0 Å². The summed E-state index contributed by atoms with van der Waals surface area (Å²) in [6.45, 7) is 0.0210. The first-order valence-corrected chi connectivity index (χ1v) is 10.4. The summed E-state index contributed by atoms with van der Waals surface area (Å²) in [7, 11) is -5.89. The Hall–Kier alpha value is -3.07. The fraction of sp³-hybridized carbons (Fsp3) is 0.190. The quantitative estimate of drug-likeness (QED) is 0.373. The summed E-state index contributed by atoms with van der Waals surface area (Å²) in [5.41, 5.74) is -4.49. The number of rotatable bonds is 6. The van der Waals surface area contributed by atoms with Gasteiger partial charge in [0.15, 0.2) is 5.75 Å². The van der Waals surface area contributed by atoms with Crippen LogP contribution in [0, 0.1) is 0 Å². The standard InChI is InChI=1S/C21H18F3NO4S/c22-21(23,24)30(27,28)29-19-14-8-7-13-18(19)25(15-16-9-3-1-4-10-16)20(26)17-11-5-2-6-12-17/h1-5,7-10,12-14H,6,11,15H2. The highest BCUT2D eigenvalue weighted by atomic mass is 32.2. The van der Waals surface area contributed by atoms with Crippen molar-refractivity contribution in [3.63, 3.8) is 0 Å². The number of allylic oxidation sites excluding steroid dienone is 3. The number of benzene rings is 2. The third kappa shape index (κ3) is 4.91. The third-order valence-corrected chi connectivity index (χ3v) is 5.31. The highest BCUT2D eigenvalue weighted by Gasteiger charge is 2.49. The molecule has 5 nitrogen and oxygen atoms in total. The van der Waals surface area contributed by atoms with E-state index in [-0.39, 0.29) is 12.2 Å². The van der Waals surface area contributed by atoms with Crippen molar-refractivity contribution in [1.29, 1.82) is 0 Å². The number of carbonyl (C=O) groups is 1. The van der Waals surface area contributed by atoms with Gasteiger partial charge in [-0.05, 0) is 30.5 Å². The Morgan fingerprint density at radius 2 is 1.67 bits per heavy atom. The fourth-order valence-corrected chi connectivity index (χ4v) is 3.37. The first kappa shape index (κ1) is 21.6. The smallest absolute Gasteiger partial charge is 0.374 e. The second-order valence-electron chi connectivity index (χ2n) is 6.47. The van der Waals surface area contributed by atoms with Crippen LogP contribution < -0.4 is 9.08 Å². The third-order valence-electron chi connectivity index (χ3n) is 4.35. The van der Waals surface area contributed by atoms with E-state index in [1.807, 2.05) is 12.2 Å². The summed E-state index contributed by atoms with van der Waals surface area (Å²) in [5, 5.41) is 0. The molecule has 1 aliphatic carbocycles. The van der Waals surface area contributed by atoms with Crippen molar-refractivity contribution in [3.8, 4) is 5.75 Å². The molecule has 2 aromatic rings. The molecule has 0 saturated carbocycles. The van der Waals surface area contributed by atoms with E-state index in [1.165, 1.54) is 23.1 Å². The Morgan fingerprint density at radius 3 is 2.30 bits per heavy atom. The van der Waals surface area contributed by atoms with Gasteiger partial charge in [0.05, 0.1) is 12.2 Å². The summed E-state index contributed by atoms with van der Waals surface area (Å²) in [4.78, 5) is 14.4. The van der Waals surface area contributed by atoms with Crippen LogP contribution in [0.2, 0.25) is 0 Å². The molecule has 158 valence electrons. The zero-order valence-corrected chi connectivity index (χ0v) is 16.5. The molecule has 0 aliphatic heterocycles. The van der Waals surface area contributed by atoms with Gasteiger partial charge in [-0.15, -0.1) is 0 Å². The maximum Gasteiger partial charge on any atom is 0.534 e. The first-order valence-electron chi connectivity index (χ1n) is 8.98. The highest BCUT2D eigenvalue weighted by molar-refractivity contribution is 7.88. The zero-order valence-electron chi connectivity index (χ0n) is 15.7. The molecule has 9 heteroatoms. The van der Waals surface area contributed by atoms with Crippen LogP contribution >= 0.6 is 0 Å². The van der Waals surface area contributed by atoms with E-state index in [4.69, 9.17) is 0 Å². The predicted octanol–water partition coefficient (Wildman–Crippen LogP) is 4.72. The lowest BCUT2D eigenvalue weighted by molar-refractivity contribution is -0.115. The van der Waals surface area contributed by atoms with Crippen LogP contribution in [-0.4, -0.2) is 19.8 Å². The van der Waals surface area contributed by atoms with Crippen molar-refractivity contribution in [2.75, 3.05) is 4.90 Å². The molecule has 0 spiro atoms. The van der Waals surface area contributed by atoms with Gasteiger partial charge in [0, 0.05) is 5.57 Å². The lowest BCUT2D eigenvalue weighted by Crippen LogP contribution is -2.33. The van der Waals surface area contributed by atoms with Gasteiger partial charge >= 0.3 is 15.6 Å². The van der Waals surface area contributed by atoms with Gasteiger partial charge in [0.2, 0.25) is 0 Å². The molecule has 30 heavy (non-hydrogen) atoms. The van der Waals surface area contributed by atoms with Crippen LogP contribution in [0.25, 0.3) is 0 Å². The summed E-state index contributed by atoms with van der Waals surface area (Å²) in [5.74, 6) is -1.02. The largest absolute Gasteiger partial charge is 0.534 e. The number of nitrogens with zero attached hydrogens (tertiary/aromatic N) is 1. The number of carbonyl (C=O) groups excluding carboxylic acids is 1. The molecule has 0 bridgehead atoms. The molecule has 0 N–H and O–H groups in total. The molecule has 1 aliphatic rings. The number of hydrogen-bond donors (Lipinski definition) is 0. The van der Waals surface area contributed by atoms with Crippen molar-refractivity contribution in [2.24, 2.45) is 0 Å². The zero-order chi connectivity index (χ0) is 21.8. The van der Waals surface area contributed by atoms with E-state index >= 15 is 0 Å². The average molecular weight is 437 g/mol. The van der Waals surface area contributed by atoms with Gasteiger partial charge in [0.25, 0.3) is 5.91 Å². The number of para-hydroxylation sites is 2. The number of anilines is 1. The second kappa shape index (κ2) is 8.74. The Kier molecular flexibility index (Phi) is 6.31. The Morgan fingerprint density at radius 1 is 1.00 bits per heavy atom. The van der Waals surface area contributed by atoms with E-state index in [0.29, 0.717) is 24.0 Å². The van der Waals surface area contributed by atoms with Crippen LogP contribution in [0.4, 0.5) is 18.9 Å². The Bertz CT molecular complexity index is 1080. The number of amides is 1. The van der Waals surface area contributed by atoms with E-state index in [9.17, 15) is 26.4 Å². The molecule has 0 aromatic heterocycles. The highest BCUT2D eigenvalue weighted by Crippen LogP contribution is 2.35. The van der Waals surface area contributed by atoms with Crippen molar-refractivity contribution >= 4 is 21.7 Å². The van der Waals surface area contributed by atoms with Crippen LogP contribution in [0.1, 0.15) is 18.4 Å². The first-order chi connectivity index (χ1) is 14.2. The van der Waals surface area contributed by atoms with Crippen LogP contribution in [0.3, 0.4) is 0 Å². The van der Waals surface area contributed by atoms with Gasteiger partial charge in [-0.1, -0.05) is 60.7 Å². The minimum Gasteiger partial charge on any atom is -0.374 e. The Balaban J connectivity index is 2.03. The lowest BCUT2D eigenvalue weighted by Gasteiger charge is -2.26. The number of hydrogen-bond acceptors (Lipinski definition) is 4. The monoisotopic (exact) mass is 437 g/mol. The van der Waals surface area contributed by atoms with Crippen LogP contribution in [-0.2, 0) is 21.5 Å². The van der Waals surface area contributed by atoms with Crippen LogP contribution in [0.15, 0.2) is 78.4 Å². The van der Waals surface area contributed by atoms with Crippen molar-refractivity contribution in [2.45, 2.75) is 24.9 Å². The molecule has 0 unspecified atom stereocenters. The second-order valence-corrected chi connectivity index (χ2v) is 8.01. The van der Waals surface area contributed by atoms with E-state index < -0.39 is 27.3 Å². The van der Waals surface area contributed by atoms with Crippen molar-refractivity contribution < 1.29 is 30.6 Å². The molecule has 1 amide bonds. The SMILES string of the molecule is O=C(C1=CCC=CC1)N(Cc1ccccc1)c1ccccc1OS(=O)(=O)C(F)(F)F. The minimum atomic E-state index is -5.89. The van der Waals surface area contributed by atoms with Crippen molar-refractivity contribution in [3.05, 3.63) is 84.0 Å². The molecular weight excluding hydrogens is 419 g/mol. The molecule has 0 heterocycles. The maximum absolute atomic E-state index is 13.2. The summed E-state index contributed by atoms with van der Waals surface area (Å²) < 4.78 is 66.0. The topological polar surface area (TPSA) is 63.7 Å². The van der Waals surface area contributed by atoms with Gasteiger partial charge in [0.1, 0.15) is 0 Å². The van der Waals surface area contributed by atoms with Gasteiger partial charge < -0.3 is 9.08 Å². The molecular formula is C21H18F3NO4S. The van der Waals surface area contributed by atoms with Gasteiger partial charge in [-0.3, -0.25) is 4.79 Å². The molecule has 0 saturated heterocycles. The Labute approximate surface area is 172 Å². The molecule has 0 radical (unpaired) electrons. The summed E-state index contributed by atoms with van der Waals surface area (Å²) >= 11 is 0. The summed E-state index contributed by atoms with van der Waals surface area (Å²) in [6, 6.07) is 14.1. The predicted molar refractivity (Wildman–Crippen MR) is 106 cm³/mol. The molecule has 0 atom stereocenters. The number of alkyl halides is 3. The lowest BCUT2D eigenvalue weighted by atomic mass is 10.0. The molecule has 3 rings (SSSR count). The summed E-state index contributed by atoms with van der Waals surface area (Å²) in [6.07, 6.45) is 6.38. The minimum absolute atomic E-state index is 0.0210. The van der Waals surface area contributed by atoms with E-state index in [1.54, 1.807) is 36.4 Å². The fourth-order valence-electron chi connectivity index (χ4n) is 2.90. The average Bonchev–Trinajstić information content (AvgIpc) is 2.72. The normalized spacial score (nSPS) is 14.2. The van der Waals surface area contributed by atoms with E-state index in [0.717, 1.165) is 6.07 Å². The number of halogens is 3. The van der Waals surface area contributed by atoms with E-state index in [2.05, 4.69) is 4.18 Å². The molecule has 0 fully saturated rings. The van der Waals surface area contributed by atoms with Crippen LogP contribution in [0.5, 0.6) is 5.75 Å². The molecule has 2 aromatic carbocycles.